The lowest BCUT2D eigenvalue weighted by Crippen LogP contribution is -2.42. The summed E-state index contributed by atoms with van der Waals surface area (Å²) in [6.07, 6.45) is 0. The van der Waals surface area contributed by atoms with Crippen molar-refractivity contribution in [2.45, 2.75) is 52.9 Å². The summed E-state index contributed by atoms with van der Waals surface area (Å²) in [7, 11) is 0.858. The molecule has 0 fully saturated rings. The van der Waals surface area contributed by atoms with Gasteiger partial charge >= 0.3 is 0 Å². The van der Waals surface area contributed by atoms with Gasteiger partial charge in [0.25, 0.3) is 0 Å². The Balaban J connectivity index is 1.18. The number of rotatable bonds is 8. The van der Waals surface area contributed by atoms with Crippen molar-refractivity contribution in [3.63, 3.8) is 0 Å². The zero-order valence-corrected chi connectivity index (χ0v) is 36.7. The van der Waals surface area contributed by atoms with E-state index in [1.54, 1.807) is 0 Å². The molecule has 9 aromatic rings. The predicted molar refractivity (Wildman–Crippen MR) is 269 cm³/mol. The second kappa shape index (κ2) is 15.9. The molecule has 0 saturated carbocycles. The van der Waals surface area contributed by atoms with Crippen LogP contribution < -0.4 is 16.2 Å². The molecule has 2 heteroatoms. The van der Waals surface area contributed by atoms with Crippen LogP contribution in [0.15, 0.2) is 188 Å². The molecule has 0 amide bonds. The number of anilines is 2. The molecule has 1 atom stereocenters. The lowest BCUT2D eigenvalue weighted by Gasteiger charge is -2.37. The summed E-state index contributed by atoms with van der Waals surface area (Å²) in [6, 6.07) is 69.6. The molecule has 0 aliphatic carbocycles. The molecule has 0 radical (unpaired) electrons. The Morgan fingerprint density at radius 1 is 0.468 bits per heavy atom. The van der Waals surface area contributed by atoms with E-state index in [1.165, 1.54) is 105 Å². The second-order valence-electron chi connectivity index (χ2n) is 18.0. The third kappa shape index (κ3) is 7.04. The first kappa shape index (κ1) is 39.3. The second-order valence-corrected chi connectivity index (χ2v) is 18.0. The van der Waals surface area contributed by atoms with Crippen molar-refractivity contribution >= 4 is 40.4 Å². The van der Waals surface area contributed by atoms with Gasteiger partial charge in [-0.25, -0.2) is 0 Å². The molecule has 0 aromatic heterocycles. The monoisotopic (exact) mass is 797 g/mol. The molecule has 10 rings (SSSR count). The van der Waals surface area contributed by atoms with Gasteiger partial charge < -0.3 is 5.32 Å². The van der Waals surface area contributed by atoms with E-state index in [9.17, 15) is 0 Å². The van der Waals surface area contributed by atoms with E-state index in [1.807, 2.05) is 0 Å². The molecule has 62 heavy (non-hydrogen) atoms. The number of hydrogen-bond acceptors (Lipinski definition) is 1. The van der Waals surface area contributed by atoms with Crippen molar-refractivity contribution in [3.05, 3.63) is 227 Å². The maximum absolute atomic E-state index is 3.94. The van der Waals surface area contributed by atoms with E-state index >= 15 is 0 Å². The van der Waals surface area contributed by atoms with E-state index in [-0.39, 0.29) is 11.3 Å². The summed E-state index contributed by atoms with van der Waals surface area (Å²) in [4.78, 5) is 0. The van der Waals surface area contributed by atoms with Gasteiger partial charge in [-0.3, -0.25) is 0 Å². The molecule has 1 aliphatic heterocycles. The minimum Gasteiger partial charge on any atom is -0.355 e. The van der Waals surface area contributed by atoms with Crippen LogP contribution in [0.4, 0.5) is 11.4 Å². The molecule has 0 spiro atoms. The summed E-state index contributed by atoms with van der Waals surface area (Å²) >= 11 is 0. The normalized spacial score (nSPS) is 13.3. The topological polar surface area (TPSA) is 12.0 Å². The van der Waals surface area contributed by atoms with Gasteiger partial charge in [-0.05, 0) is 140 Å². The Bertz CT molecular complexity index is 3120. The number of benzene rings is 9. The molecule has 300 valence electrons. The summed E-state index contributed by atoms with van der Waals surface area (Å²) in [5.41, 5.74) is 24.3. The third-order valence-electron chi connectivity index (χ3n) is 13.6. The van der Waals surface area contributed by atoms with Gasteiger partial charge in [0.1, 0.15) is 0 Å². The minimum atomic E-state index is -0.215. The van der Waals surface area contributed by atoms with Crippen LogP contribution in [-0.2, 0) is 5.41 Å². The molecule has 1 aliphatic rings. The fraction of sp³-hybridized carbons (Fsp3) is 0.133. The Kier molecular flexibility index (Phi) is 10.0. The van der Waals surface area contributed by atoms with Crippen molar-refractivity contribution in [2.24, 2.45) is 0 Å². The minimum absolute atomic E-state index is 0.171. The lowest BCUT2D eigenvalue weighted by atomic mass is 9.51. The van der Waals surface area contributed by atoms with Gasteiger partial charge in [0.05, 0.1) is 0 Å². The average molecular weight is 798 g/mol. The fourth-order valence-corrected chi connectivity index (χ4v) is 10.5. The van der Waals surface area contributed by atoms with Gasteiger partial charge in [-0.15, -0.1) is 0 Å². The van der Waals surface area contributed by atoms with Gasteiger partial charge in [-0.1, -0.05) is 189 Å². The molecule has 9 aromatic carbocycles. The highest BCUT2D eigenvalue weighted by atomic mass is 14.9. The molecule has 1 N–H and O–H groups in total. The first-order valence-electron chi connectivity index (χ1n) is 22.1. The molecule has 1 heterocycles. The van der Waals surface area contributed by atoms with E-state index in [0.29, 0.717) is 0 Å². The highest BCUT2D eigenvalue weighted by Crippen LogP contribution is 2.44. The number of fused-ring (bicyclic) bond motifs is 3. The smallest absolute Gasteiger partial charge is 0.193 e. The third-order valence-corrected chi connectivity index (χ3v) is 13.6. The molecule has 1 nitrogen and oxygen atoms in total. The summed E-state index contributed by atoms with van der Waals surface area (Å²) in [6.45, 7) is 14.1. The standard InChI is InChI=1S/C60H52BN/c1-38-18-15-19-39(2)57(38)48-35-50-41(4)58-53(60(5,6)54-37-46-25-14-13-24-44(46)32-40(54)3)28-17-29-55(58)61-59(50)52(36-48)51-34-47(43-22-11-8-12-23-43)30-31-56(51)62-49-27-16-26-45(33-49)42-20-9-7-10-21-42/h7-37,41,61-62H,1-6H3. The zero-order valence-electron chi connectivity index (χ0n) is 36.7. The SMILES string of the molecule is Cc1cc2ccccc2cc1C(C)(C)c1cccc2c1C(C)c1cc(-c3c(C)cccc3C)cc(-c3cc(-c4ccccc4)ccc3Nc3cccc(-c4ccccc4)c3)c1B2. The lowest BCUT2D eigenvalue weighted by molar-refractivity contribution is 0.624. The predicted octanol–water partition coefficient (Wildman–Crippen LogP) is 14.4. The van der Waals surface area contributed by atoms with Crippen LogP contribution in [0.3, 0.4) is 0 Å². The summed E-state index contributed by atoms with van der Waals surface area (Å²) in [5.74, 6) is 0.171. The van der Waals surface area contributed by atoms with E-state index in [0.717, 1.165) is 18.7 Å². The molecule has 1 unspecified atom stereocenters. The maximum Gasteiger partial charge on any atom is 0.193 e. The van der Waals surface area contributed by atoms with Crippen molar-refractivity contribution in [1.82, 2.24) is 0 Å². The van der Waals surface area contributed by atoms with Gasteiger partial charge in [-0.2, -0.15) is 0 Å². The molecular formula is C60H52BN. The van der Waals surface area contributed by atoms with Crippen molar-refractivity contribution in [1.29, 1.82) is 0 Å². The van der Waals surface area contributed by atoms with Crippen molar-refractivity contribution in [3.8, 4) is 44.5 Å². The first-order valence-corrected chi connectivity index (χ1v) is 22.1. The van der Waals surface area contributed by atoms with Crippen LogP contribution in [0.1, 0.15) is 65.6 Å². The molecule has 0 bridgehead atoms. The molecule has 0 saturated heterocycles. The fourth-order valence-electron chi connectivity index (χ4n) is 10.5. The maximum atomic E-state index is 3.94. The number of hydrogen-bond donors (Lipinski definition) is 1. The van der Waals surface area contributed by atoms with Crippen LogP contribution in [0.5, 0.6) is 0 Å². The highest BCUT2D eigenvalue weighted by molar-refractivity contribution is 6.70. The Hall–Kier alpha value is -6.90. The van der Waals surface area contributed by atoms with E-state index < -0.39 is 0 Å². The van der Waals surface area contributed by atoms with Gasteiger partial charge in [0, 0.05) is 28.3 Å². The quantitative estimate of drug-likeness (QED) is 0.151. The van der Waals surface area contributed by atoms with Crippen LogP contribution in [0.25, 0.3) is 55.3 Å². The van der Waals surface area contributed by atoms with E-state index in [4.69, 9.17) is 0 Å². The molecular weight excluding hydrogens is 745 g/mol. The Morgan fingerprint density at radius 2 is 1.06 bits per heavy atom. The zero-order chi connectivity index (χ0) is 42.5. The van der Waals surface area contributed by atoms with Crippen LogP contribution in [-0.4, -0.2) is 7.28 Å². The van der Waals surface area contributed by atoms with Crippen LogP contribution in [0.2, 0.25) is 0 Å². The highest BCUT2D eigenvalue weighted by Gasteiger charge is 2.35. The number of nitrogens with one attached hydrogen (secondary N) is 1. The Labute approximate surface area is 368 Å². The van der Waals surface area contributed by atoms with Crippen LogP contribution in [0, 0.1) is 20.8 Å². The Morgan fingerprint density at radius 3 is 1.77 bits per heavy atom. The van der Waals surface area contributed by atoms with Crippen molar-refractivity contribution in [2.75, 3.05) is 5.32 Å². The largest absolute Gasteiger partial charge is 0.355 e. The average Bonchev–Trinajstić information content (AvgIpc) is 3.29. The van der Waals surface area contributed by atoms with E-state index in [2.05, 4.69) is 235 Å². The number of aryl methyl sites for hydroxylation is 3. The van der Waals surface area contributed by atoms with Crippen LogP contribution >= 0.6 is 0 Å². The first-order chi connectivity index (χ1) is 30.1. The summed E-state index contributed by atoms with van der Waals surface area (Å²) < 4.78 is 0. The van der Waals surface area contributed by atoms with Gasteiger partial charge in [0.2, 0.25) is 0 Å². The van der Waals surface area contributed by atoms with Crippen molar-refractivity contribution < 1.29 is 0 Å². The summed E-state index contributed by atoms with van der Waals surface area (Å²) in [5, 5.41) is 6.53. The van der Waals surface area contributed by atoms with Gasteiger partial charge in [0.15, 0.2) is 7.28 Å².